The van der Waals surface area contributed by atoms with E-state index in [1.165, 1.54) is 37.4 Å². The normalized spacial score (nSPS) is 20.1. The van der Waals surface area contributed by atoms with Crippen LogP contribution >= 0.6 is 11.8 Å². The number of likely N-dealkylation sites (tertiary alicyclic amines) is 1. The number of hydrogen-bond donors (Lipinski definition) is 1. The third kappa shape index (κ3) is 6.09. The highest BCUT2D eigenvalue weighted by Crippen LogP contribution is 2.36. The van der Waals surface area contributed by atoms with Crippen molar-refractivity contribution in [2.24, 2.45) is 0 Å². The standard InChI is InChI=1S/C23H33N5O3S2/c1-17-8-6-7-15-27(17)21(29)16-32-23-25-24-22(28(23)20-9-4-3-5-10-20)18-11-13-19(14-12-18)26-33(2,30)31/h11-14,17,20,26H,3-10,15-16H2,1-2H3/t17-/m0/s1. The van der Waals surface area contributed by atoms with Crippen molar-refractivity contribution in [3.63, 3.8) is 0 Å². The Kier molecular flexibility index (Phi) is 7.63. The molecule has 2 heterocycles. The summed E-state index contributed by atoms with van der Waals surface area (Å²) >= 11 is 1.48. The summed E-state index contributed by atoms with van der Waals surface area (Å²) in [6.45, 7) is 2.97. The maximum atomic E-state index is 12.9. The second-order valence-electron chi connectivity index (χ2n) is 9.14. The van der Waals surface area contributed by atoms with Crippen LogP contribution in [-0.2, 0) is 14.8 Å². The van der Waals surface area contributed by atoms with Crippen molar-refractivity contribution in [1.82, 2.24) is 19.7 Å². The Labute approximate surface area is 200 Å². The molecule has 0 unspecified atom stereocenters. The molecule has 180 valence electrons. The predicted octanol–water partition coefficient (Wildman–Crippen LogP) is 4.31. The molecule has 2 fully saturated rings. The van der Waals surface area contributed by atoms with Crippen molar-refractivity contribution in [3.8, 4) is 11.4 Å². The summed E-state index contributed by atoms with van der Waals surface area (Å²) in [5.41, 5.74) is 1.40. The molecule has 0 radical (unpaired) electrons. The number of hydrogen-bond acceptors (Lipinski definition) is 6. The average Bonchev–Trinajstić information content (AvgIpc) is 3.22. The molecule has 4 rings (SSSR count). The smallest absolute Gasteiger partial charge is 0.233 e. The molecular formula is C23H33N5O3S2. The number of nitrogens with one attached hydrogen (secondary N) is 1. The SMILES string of the molecule is C[C@H]1CCCCN1C(=O)CSc1nnc(-c2ccc(NS(C)(=O)=O)cc2)n1C1CCCCC1. The maximum Gasteiger partial charge on any atom is 0.233 e. The highest BCUT2D eigenvalue weighted by Gasteiger charge is 2.27. The van der Waals surface area contributed by atoms with Gasteiger partial charge in [0.25, 0.3) is 0 Å². The number of nitrogens with zero attached hydrogens (tertiary/aromatic N) is 4. The fourth-order valence-electron chi connectivity index (χ4n) is 4.82. The van der Waals surface area contributed by atoms with Gasteiger partial charge in [0, 0.05) is 29.9 Å². The number of aromatic nitrogens is 3. The van der Waals surface area contributed by atoms with E-state index in [0.717, 1.165) is 55.0 Å². The highest BCUT2D eigenvalue weighted by atomic mass is 32.2. The monoisotopic (exact) mass is 491 g/mol. The van der Waals surface area contributed by atoms with E-state index in [1.54, 1.807) is 12.1 Å². The minimum absolute atomic E-state index is 0.170. The van der Waals surface area contributed by atoms with Gasteiger partial charge in [0.1, 0.15) is 0 Å². The lowest BCUT2D eigenvalue weighted by Crippen LogP contribution is -2.43. The molecular weight excluding hydrogens is 458 g/mol. The van der Waals surface area contributed by atoms with Crippen LogP contribution in [0, 0.1) is 0 Å². The van der Waals surface area contributed by atoms with Crippen LogP contribution in [0.15, 0.2) is 29.4 Å². The van der Waals surface area contributed by atoms with Crippen LogP contribution in [0.3, 0.4) is 0 Å². The number of thioether (sulfide) groups is 1. The van der Waals surface area contributed by atoms with Crippen molar-refractivity contribution in [2.45, 2.75) is 75.5 Å². The van der Waals surface area contributed by atoms with Crippen LogP contribution in [0.2, 0.25) is 0 Å². The topological polar surface area (TPSA) is 97.2 Å². The third-order valence-electron chi connectivity index (χ3n) is 6.50. The van der Waals surface area contributed by atoms with Gasteiger partial charge in [0.15, 0.2) is 11.0 Å². The highest BCUT2D eigenvalue weighted by molar-refractivity contribution is 7.99. The molecule has 1 aromatic carbocycles. The summed E-state index contributed by atoms with van der Waals surface area (Å²) in [7, 11) is -3.33. The van der Waals surface area contributed by atoms with E-state index in [9.17, 15) is 13.2 Å². The van der Waals surface area contributed by atoms with Gasteiger partial charge in [0.05, 0.1) is 12.0 Å². The van der Waals surface area contributed by atoms with E-state index in [4.69, 9.17) is 0 Å². The molecule has 1 atom stereocenters. The number of benzene rings is 1. The first kappa shape index (κ1) is 24.1. The first-order valence-electron chi connectivity index (χ1n) is 11.8. The van der Waals surface area contributed by atoms with Crippen LogP contribution in [0.4, 0.5) is 5.69 Å². The zero-order valence-electron chi connectivity index (χ0n) is 19.4. The van der Waals surface area contributed by atoms with Crippen molar-refractivity contribution >= 4 is 33.4 Å². The molecule has 1 N–H and O–H groups in total. The molecule has 8 nitrogen and oxygen atoms in total. The minimum atomic E-state index is -3.33. The van der Waals surface area contributed by atoms with Crippen LogP contribution in [0.25, 0.3) is 11.4 Å². The fourth-order valence-corrected chi connectivity index (χ4v) is 6.28. The number of anilines is 1. The number of carbonyl (C=O) groups excluding carboxylic acids is 1. The lowest BCUT2D eigenvalue weighted by molar-refractivity contribution is -0.131. The minimum Gasteiger partial charge on any atom is -0.339 e. The Balaban J connectivity index is 1.56. The Morgan fingerprint density at radius 3 is 2.42 bits per heavy atom. The molecule has 1 amide bonds. The first-order valence-corrected chi connectivity index (χ1v) is 14.6. The zero-order chi connectivity index (χ0) is 23.4. The Hall–Kier alpha value is -2.07. The largest absolute Gasteiger partial charge is 0.339 e. The second-order valence-corrected chi connectivity index (χ2v) is 11.8. The van der Waals surface area contributed by atoms with E-state index < -0.39 is 10.0 Å². The summed E-state index contributed by atoms with van der Waals surface area (Å²) in [4.78, 5) is 14.9. The number of amides is 1. The Morgan fingerprint density at radius 1 is 1.06 bits per heavy atom. The maximum absolute atomic E-state index is 12.9. The van der Waals surface area contributed by atoms with E-state index in [2.05, 4.69) is 26.4 Å². The van der Waals surface area contributed by atoms with Crippen molar-refractivity contribution in [2.75, 3.05) is 23.3 Å². The van der Waals surface area contributed by atoms with Crippen LogP contribution in [-0.4, -0.2) is 58.6 Å². The third-order valence-corrected chi connectivity index (χ3v) is 8.03. The van der Waals surface area contributed by atoms with Gasteiger partial charge < -0.3 is 4.90 Å². The molecule has 10 heteroatoms. The Bertz CT molecular complexity index is 1060. The van der Waals surface area contributed by atoms with E-state index in [-0.39, 0.29) is 5.91 Å². The van der Waals surface area contributed by atoms with Crippen LogP contribution in [0.5, 0.6) is 0 Å². The van der Waals surface area contributed by atoms with Gasteiger partial charge in [-0.1, -0.05) is 31.0 Å². The van der Waals surface area contributed by atoms with Crippen molar-refractivity contribution < 1.29 is 13.2 Å². The molecule has 2 aliphatic rings. The number of carbonyl (C=O) groups is 1. The van der Waals surface area contributed by atoms with Gasteiger partial charge in [-0.05, 0) is 63.3 Å². The number of rotatable bonds is 7. The molecule has 1 aliphatic heterocycles. The number of sulfonamides is 1. The van der Waals surface area contributed by atoms with E-state index >= 15 is 0 Å². The molecule has 1 aliphatic carbocycles. The summed E-state index contributed by atoms with van der Waals surface area (Å²) in [6.07, 6.45) is 10.2. The summed E-state index contributed by atoms with van der Waals surface area (Å²) in [5, 5.41) is 9.76. The second kappa shape index (κ2) is 10.5. The van der Waals surface area contributed by atoms with Gasteiger partial charge in [-0.3, -0.25) is 14.1 Å². The van der Waals surface area contributed by atoms with Crippen molar-refractivity contribution in [1.29, 1.82) is 0 Å². The van der Waals surface area contributed by atoms with Gasteiger partial charge in [-0.15, -0.1) is 10.2 Å². The van der Waals surface area contributed by atoms with Gasteiger partial charge in [0.2, 0.25) is 15.9 Å². The van der Waals surface area contributed by atoms with Crippen LogP contribution < -0.4 is 4.72 Å². The molecule has 33 heavy (non-hydrogen) atoms. The summed E-state index contributed by atoms with van der Waals surface area (Å²) in [6, 6.07) is 7.83. The molecule has 1 saturated carbocycles. The van der Waals surface area contributed by atoms with E-state index in [1.807, 2.05) is 17.0 Å². The van der Waals surface area contributed by atoms with E-state index in [0.29, 0.717) is 23.5 Å². The zero-order valence-corrected chi connectivity index (χ0v) is 21.0. The molecule has 0 spiro atoms. The first-order chi connectivity index (χ1) is 15.8. The molecule has 2 aromatic rings. The molecule has 1 aromatic heterocycles. The van der Waals surface area contributed by atoms with Gasteiger partial charge >= 0.3 is 0 Å². The molecule has 1 saturated heterocycles. The average molecular weight is 492 g/mol. The van der Waals surface area contributed by atoms with Crippen molar-refractivity contribution in [3.05, 3.63) is 24.3 Å². The Morgan fingerprint density at radius 2 is 1.76 bits per heavy atom. The lowest BCUT2D eigenvalue weighted by Gasteiger charge is -2.33. The summed E-state index contributed by atoms with van der Waals surface area (Å²) in [5.74, 6) is 1.31. The van der Waals surface area contributed by atoms with Gasteiger partial charge in [-0.2, -0.15) is 0 Å². The fraction of sp³-hybridized carbons (Fsp3) is 0.609. The predicted molar refractivity (Wildman–Crippen MR) is 132 cm³/mol. The lowest BCUT2D eigenvalue weighted by atomic mass is 9.95. The molecule has 0 bridgehead atoms. The summed E-state index contributed by atoms with van der Waals surface area (Å²) < 4.78 is 27.7. The number of piperidine rings is 1. The quantitative estimate of drug-likeness (QED) is 0.580. The van der Waals surface area contributed by atoms with Gasteiger partial charge in [-0.25, -0.2) is 8.42 Å². The van der Waals surface area contributed by atoms with Crippen LogP contribution in [0.1, 0.15) is 64.3 Å².